The zero-order valence-corrected chi connectivity index (χ0v) is 14.1. The van der Waals surface area contributed by atoms with E-state index in [1.165, 1.54) is 50.3 Å². The van der Waals surface area contributed by atoms with E-state index in [4.69, 9.17) is 0 Å². The fraction of sp³-hybridized carbons (Fsp3) is 0.238. The standard InChI is InChI=1S/C21H21N2/c1-13-8-14(2)15(3)18(9-13)21-11-19-16(12-23(21)4)10-20-17(19)6-5-7-22-20/h5-9,11-12H,10H2,1-4H3/q+1. The van der Waals surface area contributed by atoms with Crippen LogP contribution in [-0.2, 0) is 13.5 Å². The first kappa shape index (κ1) is 14.1. The smallest absolute Gasteiger partial charge is 0.213 e. The van der Waals surface area contributed by atoms with Crippen molar-refractivity contribution in [3.8, 4) is 22.4 Å². The number of pyridine rings is 2. The Morgan fingerprint density at radius 1 is 1.00 bits per heavy atom. The third kappa shape index (κ3) is 2.17. The van der Waals surface area contributed by atoms with E-state index in [2.05, 4.69) is 67.8 Å². The van der Waals surface area contributed by atoms with Gasteiger partial charge in [-0.05, 0) is 49.6 Å². The molecule has 0 fully saturated rings. The second-order valence-electron chi connectivity index (χ2n) is 6.64. The van der Waals surface area contributed by atoms with Crippen molar-refractivity contribution in [2.45, 2.75) is 27.2 Å². The molecule has 1 aliphatic carbocycles. The molecule has 0 spiro atoms. The van der Waals surface area contributed by atoms with Gasteiger partial charge in [-0.3, -0.25) is 4.98 Å². The Kier molecular flexibility index (Phi) is 3.08. The van der Waals surface area contributed by atoms with Gasteiger partial charge in [0.25, 0.3) is 0 Å². The summed E-state index contributed by atoms with van der Waals surface area (Å²) in [5.41, 5.74) is 11.8. The van der Waals surface area contributed by atoms with Crippen molar-refractivity contribution >= 4 is 0 Å². The molecule has 0 atom stereocenters. The van der Waals surface area contributed by atoms with E-state index < -0.39 is 0 Å². The minimum atomic E-state index is 0.936. The van der Waals surface area contributed by atoms with Crippen LogP contribution >= 0.6 is 0 Å². The van der Waals surface area contributed by atoms with Crippen molar-refractivity contribution in [1.82, 2.24) is 4.98 Å². The average molecular weight is 301 g/mol. The summed E-state index contributed by atoms with van der Waals surface area (Å²) in [4.78, 5) is 4.54. The lowest BCUT2D eigenvalue weighted by Crippen LogP contribution is -2.31. The maximum atomic E-state index is 4.54. The molecule has 1 aromatic carbocycles. The lowest BCUT2D eigenvalue weighted by molar-refractivity contribution is -0.660. The van der Waals surface area contributed by atoms with Crippen molar-refractivity contribution in [1.29, 1.82) is 0 Å². The summed E-state index contributed by atoms with van der Waals surface area (Å²) in [6, 6.07) is 11.1. The molecular weight excluding hydrogens is 280 g/mol. The Bertz CT molecular complexity index is 939. The number of aryl methyl sites for hydroxylation is 3. The molecule has 23 heavy (non-hydrogen) atoms. The normalized spacial score (nSPS) is 12.2. The van der Waals surface area contributed by atoms with Crippen molar-refractivity contribution in [2.24, 2.45) is 7.05 Å². The molecular formula is C21H21N2+. The molecule has 0 N–H and O–H groups in total. The zero-order chi connectivity index (χ0) is 16.1. The third-order valence-corrected chi connectivity index (χ3v) is 4.98. The van der Waals surface area contributed by atoms with Crippen LogP contribution in [0.4, 0.5) is 0 Å². The minimum absolute atomic E-state index is 0.936. The monoisotopic (exact) mass is 301 g/mol. The van der Waals surface area contributed by atoms with Gasteiger partial charge in [-0.25, -0.2) is 4.57 Å². The molecule has 0 aliphatic heterocycles. The van der Waals surface area contributed by atoms with E-state index in [0.717, 1.165) is 6.42 Å². The van der Waals surface area contributed by atoms with Gasteiger partial charge in [-0.15, -0.1) is 0 Å². The first-order valence-electron chi connectivity index (χ1n) is 8.09. The Morgan fingerprint density at radius 3 is 2.65 bits per heavy atom. The van der Waals surface area contributed by atoms with Crippen LogP contribution in [0.15, 0.2) is 42.7 Å². The van der Waals surface area contributed by atoms with E-state index in [1.54, 1.807) is 0 Å². The van der Waals surface area contributed by atoms with Gasteiger partial charge in [0.15, 0.2) is 6.20 Å². The van der Waals surface area contributed by atoms with Crippen molar-refractivity contribution < 1.29 is 4.57 Å². The van der Waals surface area contributed by atoms with Crippen LogP contribution in [0.2, 0.25) is 0 Å². The van der Waals surface area contributed by atoms with Crippen molar-refractivity contribution in [2.75, 3.05) is 0 Å². The van der Waals surface area contributed by atoms with Gasteiger partial charge in [0.2, 0.25) is 5.69 Å². The van der Waals surface area contributed by atoms with Gasteiger partial charge in [-0.2, -0.15) is 0 Å². The van der Waals surface area contributed by atoms with Crippen molar-refractivity contribution in [3.63, 3.8) is 0 Å². The SMILES string of the molecule is Cc1cc(C)c(C)c(-c2cc3c(c[n+]2C)Cc2ncccc2-3)c1. The second kappa shape index (κ2) is 5.02. The van der Waals surface area contributed by atoms with Gasteiger partial charge in [0.1, 0.15) is 7.05 Å². The topological polar surface area (TPSA) is 16.8 Å². The lowest BCUT2D eigenvalue weighted by Gasteiger charge is -2.10. The molecule has 0 unspecified atom stereocenters. The lowest BCUT2D eigenvalue weighted by atomic mass is 9.95. The van der Waals surface area contributed by atoms with Crippen LogP contribution in [0, 0.1) is 20.8 Å². The van der Waals surface area contributed by atoms with Crippen LogP contribution in [0.1, 0.15) is 27.9 Å². The maximum absolute atomic E-state index is 4.54. The Balaban J connectivity index is 1.97. The first-order chi connectivity index (χ1) is 11.0. The number of fused-ring (bicyclic) bond motifs is 3. The van der Waals surface area contributed by atoms with Crippen LogP contribution in [0.3, 0.4) is 0 Å². The maximum Gasteiger partial charge on any atom is 0.213 e. The molecule has 3 aromatic rings. The fourth-order valence-electron chi connectivity index (χ4n) is 3.67. The zero-order valence-electron chi connectivity index (χ0n) is 14.1. The molecule has 2 aromatic heterocycles. The molecule has 114 valence electrons. The summed E-state index contributed by atoms with van der Waals surface area (Å²) in [6.07, 6.45) is 5.09. The summed E-state index contributed by atoms with van der Waals surface area (Å²) in [7, 11) is 2.14. The third-order valence-electron chi connectivity index (χ3n) is 4.98. The molecule has 2 heteroatoms. The molecule has 0 amide bonds. The molecule has 1 aliphatic rings. The van der Waals surface area contributed by atoms with Crippen LogP contribution in [0.25, 0.3) is 22.4 Å². The van der Waals surface area contributed by atoms with Crippen LogP contribution in [0.5, 0.6) is 0 Å². The van der Waals surface area contributed by atoms with Gasteiger partial charge in [0, 0.05) is 35.4 Å². The Labute approximate surface area is 137 Å². The number of hydrogen-bond acceptors (Lipinski definition) is 1. The molecule has 2 nitrogen and oxygen atoms in total. The van der Waals surface area contributed by atoms with E-state index >= 15 is 0 Å². The highest BCUT2D eigenvalue weighted by Crippen LogP contribution is 2.37. The number of nitrogens with zero attached hydrogens (tertiary/aromatic N) is 2. The van der Waals surface area contributed by atoms with Gasteiger partial charge < -0.3 is 0 Å². The van der Waals surface area contributed by atoms with E-state index in [1.807, 2.05) is 12.3 Å². The molecule has 0 bridgehead atoms. The minimum Gasteiger partial charge on any atom is -0.260 e. The first-order valence-corrected chi connectivity index (χ1v) is 8.09. The predicted molar refractivity (Wildman–Crippen MR) is 93.3 cm³/mol. The molecule has 2 heterocycles. The number of hydrogen-bond donors (Lipinski definition) is 0. The van der Waals surface area contributed by atoms with Crippen molar-refractivity contribution in [3.05, 3.63) is 70.7 Å². The number of benzene rings is 1. The number of aromatic nitrogens is 2. The number of rotatable bonds is 1. The highest BCUT2D eigenvalue weighted by molar-refractivity contribution is 5.78. The van der Waals surface area contributed by atoms with Gasteiger partial charge >= 0.3 is 0 Å². The van der Waals surface area contributed by atoms with E-state index in [-0.39, 0.29) is 0 Å². The van der Waals surface area contributed by atoms with E-state index in [9.17, 15) is 0 Å². The average Bonchev–Trinajstić information content (AvgIpc) is 2.87. The molecule has 0 radical (unpaired) electrons. The van der Waals surface area contributed by atoms with Crippen LogP contribution < -0.4 is 4.57 Å². The van der Waals surface area contributed by atoms with Crippen LogP contribution in [-0.4, -0.2) is 4.98 Å². The summed E-state index contributed by atoms with van der Waals surface area (Å²) < 4.78 is 2.26. The largest absolute Gasteiger partial charge is 0.260 e. The summed E-state index contributed by atoms with van der Waals surface area (Å²) in [5.74, 6) is 0. The van der Waals surface area contributed by atoms with Gasteiger partial charge in [-0.1, -0.05) is 17.7 Å². The molecule has 0 saturated carbocycles. The fourth-order valence-corrected chi connectivity index (χ4v) is 3.67. The highest BCUT2D eigenvalue weighted by atomic mass is 14.9. The highest BCUT2D eigenvalue weighted by Gasteiger charge is 2.25. The summed E-state index contributed by atoms with van der Waals surface area (Å²) in [6.45, 7) is 6.58. The molecule has 0 saturated heterocycles. The quantitative estimate of drug-likeness (QED) is 0.484. The predicted octanol–water partition coefficient (Wildman–Crippen LogP) is 4.07. The summed E-state index contributed by atoms with van der Waals surface area (Å²) in [5, 5.41) is 0. The van der Waals surface area contributed by atoms with E-state index in [0.29, 0.717) is 0 Å². The molecule has 4 rings (SSSR count). The Hall–Kier alpha value is -2.48. The summed E-state index contributed by atoms with van der Waals surface area (Å²) >= 11 is 0. The Morgan fingerprint density at radius 2 is 1.83 bits per heavy atom. The van der Waals surface area contributed by atoms with Gasteiger partial charge in [0.05, 0.1) is 5.69 Å². The second-order valence-corrected chi connectivity index (χ2v) is 6.64.